The van der Waals surface area contributed by atoms with Crippen LogP contribution in [0.4, 0.5) is 4.79 Å². The molecule has 3 aromatic rings. The lowest BCUT2D eigenvalue weighted by Gasteiger charge is -2.19. The molecular weight excluding hydrogens is 648 g/mol. The number of hydrogen-bond acceptors (Lipinski definition) is 4. The van der Waals surface area contributed by atoms with Crippen molar-refractivity contribution in [3.63, 3.8) is 0 Å². The minimum atomic E-state index is -0.212. The van der Waals surface area contributed by atoms with E-state index in [1.54, 1.807) is 6.08 Å². The summed E-state index contributed by atoms with van der Waals surface area (Å²) in [4.78, 5) is 26.8. The third-order valence-electron chi connectivity index (χ3n) is 5.43. The van der Waals surface area contributed by atoms with Crippen LogP contribution in [-0.4, -0.2) is 22.1 Å². The zero-order chi connectivity index (χ0) is 22.8. The van der Waals surface area contributed by atoms with Crippen molar-refractivity contribution in [2.45, 2.75) is 32.9 Å². The van der Waals surface area contributed by atoms with Crippen LogP contribution in [0.15, 0.2) is 59.5 Å². The number of imide groups is 1. The zero-order valence-corrected chi connectivity index (χ0v) is 22.7. The average molecular weight is 669 g/mol. The largest absolute Gasteiger partial charge is 0.487 e. The van der Waals surface area contributed by atoms with Gasteiger partial charge in [0, 0.05) is 6.04 Å². The fraction of sp³-hybridized carbons (Fsp3) is 0.200. The summed E-state index contributed by atoms with van der Waals surface area (Å²) >= 11 is 5.53. The van der Waals surface area contributed by atoms with Gasteiger partial charge in [0.1, 0.15) is 12.4 Å². The molecule has 0 aliphatic carbocycles. The minimum Gasteiger partial charge on any atom is -0.487 e. The van der Waals surface area contributed by atoms with Crippen LogP contribution >= 0.6 is 56.9 Å². The Kier molecular flexibility index (Phi) is 7.46. The van der Waals surface area contributed by atoms with Crippen LogP contribution in [0.2, 0.25) is 0 Å². The molecule has 0 aromatic heterocycles. The van der Waals surface area contributed by atoms with Gasteiger partial charge in [-0.15, -0.1) is 0 Å². The number of rotatable bonds is 6. The van der Waals surface area contributed by atoms with Crippen molar-refractivity contribution >= 4 is 84.9 Å². The molecule has 4 nitrogen and oxygen atoms in total. The molecule has 4 rings (SSSR count). The van der Waals surface area contributed by atoms with E-state index in [0.717, 1.165) is 42.2 Å². The van der Waals surface area contributed by atoms with E-state index in [4.69, 9.17) is 4.74 Å². The first-order valence-electron chi connectivity index (χ1n) is 10.2. The number of halogens is 2. The van der Waals surface area contributed by atoms with Crippen LogP contribution in [0.1, 0.15) is 31.4 Å². The highest BCUT2D eigenvalue weighted by Gasteiger charge is 2.37. The van der Waals surface area contributed by atoms with Crippen molar-refractivity contribution < 1.29 is 14.3 Å². The number of amides is 2. The van der Waals surface area contributed by atoms with Crippen molar-refractivity contribution in [3.05, 3.63) is 77.8 Å². The maximum Gasteiger partial charge on any atom is 0.293 e. The first kappa shape index (κ1) is 23.6. The van der Waals surface area contributed by atoms with Crippen LogP contribution in [0.25, 0.3) is 16.8 Å². The van der Waals surface area contributed by atoms with E-state index in [-0.39, 0.29) is 17.2 Å². The molecule has 7 heteroatoms. The standard InChI is InChI=1S/C25H21I2NO3S/c1-3-15(2)28-24(29)22(32-25(28)30)13-16-11-20(26)23(21(27)12-16)31-14-18-9-6-8-17-7-4-5-10-19(17)18/h4-13,15H,3,14H2,1-2H3/b22-13+/t15-/m0/s1. The number of fused-ring (bicyclic) bond motifs is 1. The molecule has 32 heavy (non-hydrogen) atoms. The SMILES string of the molecule is CC[C@H](C)N1C(=O)S/C(=C/c2cc(I)c(OCc3cccc4ccccc34)c(I)c2)C1=O. The Hall–Kier alpha value is -1.59. The van der Waals surface area contributed by atoms with Crippen molar-refractivity contribution in [3.8, 4) is 5.75 Å². The molecule has 1 heterocycles. The summed E-state index contributed by atoms with van der Waals surface area (Å²) in [6.45, 7) is 4.34. The van der Waals surface area contributed by atoms with Gasteiger partial charge in [-0.05, 0) is 110 Å². The van der Waals surface area contributed by atoms with Crippen molar-refractivity contribution in [2.75, 3.05) is 0 Å². The third kappa shape index (κ3) is 4.84. The molecular formula is C25H21I2NO3S. The summed E-state index contributed by atoms with van der Waals surface area (Å²) < 4.78 is 8.14. The lowest BCUT2D eigenvalue weighted by atomic mass is 10.1. The van der Waals surface area contributed by atoms with Gasteiger partial charge in [0.2, 0.25) is 0 Å². The van der Waals surface area contributed by atoms with E-state index in [0.29, 0.717) is 11.5 Å². The Morgan fingerprint density at radius 3 is 2.47 bits per heavy atom. The molecule has 1 saturated heterocycles. The van der Waals surface area contributed by atoms with Crippen LogP contribution in [0.3, 0.4) is 0 Å². The highest BCUT2D eigenvalue weighted by Crippen LogP contribution is 2.36. The number of benzene rings is 3. The van der Waals surface area contributed by atoms with Gasteiger partial charge in [0.25, 0.3) is 11.1 Å². The Morgan fingerprint density at radius 2 is 1.75 bits per heavy atom. The van der Waals surface area contributed by atoms with Gasteiger partial charge in [0.15, 0.2) is 0 Å². The molecule has 0 saturated carbocycles. The summed E-state index contributed by atoms with van der Waals surface area (Å²) in [5.41, 5.74) is 2.02. The second-order valence-corrected chi connectivity index (χ2v) is 10.9. The summed E-state index contributed by atoms with van der Waals surface area (Å²) in [7, 11) is 0. The number of hydrogen-bond donors (Lipinski definition) is 0. The van der Waals surface area contributed by atoms with E-state index in [2.05, 4.69) is 69.4 Å². The van der Waals surface area contributed by atoms with Gasteiger partial charge in [0.05, 0.1) is 12.0 Å². The second kappa shape index (κ2) is 10.1. The summed E-state index contributed by atoms with van der Waals surface area (Å²) in [6, 6.07) is 18.4. The van der Waals surface area contributed by atoms with E-state index >= 15 is 0 Å². The van der Waals surface area contributed by atoms with Crippen LogP contribution < -0.4 is 4.74 Å². The molecule has 0 bridgehead atoms. The van der Waals surface area contributed by atoms with Crippen molar-refractivity contribution in [1.82, 2.24) is 4.90 Å². The highest BCUT2D eigenvalue weighted by molar-refractivity contribution is 14.1. The molecule has 164 valence electrons. The fourth-order valence-electron chi connectivity index (χ4n) is 3.56. The van der Waals surface area contributed by atoms with Gasteiger partial charge in [-0.3, -0.25) is 14.5 Å². The molecule has 0 N–H and O–H groups in total. The maximum absolute atomic E-state index is 12.7. The quantitative estimate of drug-likeness (QED) is 0.202. The van der Waals surface area contributed by atoms with Gasteiger partial charge in [-0.2, -0.15) is 0 Å². The van der Waals surface area contributed by atoms with Crippen LogP contribution in [0, 0.1) is 7.14 Å². The first-order chi connectivity index (χ1) is 15.4. The van der Waals surface area contributed by atoms with E-state index in [1.807, 2.05) is 44.2 Å². The maximum atomic E-state index is 12.7. The predicted molar refractivity (Wildman–Crippen MR) is 148 cm³/mol. The fourth-order valence-corrected chi connectivity index (χ4v) is 6.62. The Labute approximate surface area is 219 Å². The molecule has 0 unspecified atom stereocenters. The monoisotopic (exact) mass is 669 g/mol. The lowest BCUT2D eigenvalue weighted by Crippen LogP contribution is -2.36. The molecule has 1 atom stereocenters. The van der Waals surface area contributed by atoms with Gasteiger partial charge in [-0.1, -0.05) is 49.4 Å². The number of carbonyl (C=O) groups excluding carboxylic acids is 2. The minimum absolute atomic E-state index is 0.0986. The molecule has 1 aliphatic heterocycles. The zero-order valence-electron chi connectivity index (χ0n) is 17.6. The summed E-state index contributed by atoms with van der Waals surface area (Å²) in [5.74, 6) is 0.611. The highest BCUT2D eigenvalue weighted by atomic mass is 127. The third-order valence-corrected chi connectivity index (χ3v) is 7.91. The summed E-state index contributed by atoms with van der Waals surface area (Å²) in [6.07, 6.45) is 2.54. The molecule has 2 amide bonds. The normalized spacial score (nSPS) is 16.2. The van der Waals surface area contributed by atoms with Crippen LogP contribution in [-0.2, 0) is 11.4 Å². The van der Waals surface area contributed by atoms with Gasteiger partial charge < -0.3 is 4.74 Å². The predicted octanol–water partition coefficient (Wildman–Crippen LogP) is 7.46. The topological polar surface area (TPSA) is 46.6 Å². The molecule has 0 spiro atoms. The van der Waals surface area contributed by atoms with Crippen LogP contribution in [0.5, 0.6) is 5.75 Å². The number of carbonyl (C=O) groups is 2. The average Bonchev–Trinajstić information content (AvgIpc) is 3.05. The number of ether oxygens (including phenoxy) is 1. The van der Waals surface area contributed by atoms with E-state index in [9.17, 15) is 9.59 Å². The first-order valence-corrected chi connectivity index (χ1v) is 13.2. The Bertz CT molecular complexity index is 1210. The number of nitrogens with zero attached hydrogens (tertiary/aromatic N) is 1. The van der Waals surface area contributed by atoms with E-state index in [1.165, 1.54) is 15.7 Å². The Balaban J connectivity index is 1.56. The second-order valence-electron chi connectivity index (χ2n) is 7.55. The van der Waals surface area contributed by atoms with Gasteiger partial charge in [-0.25, -0.2) is 0 Å². The Morgan fingerprint density at radius 1 is 1.06 bits per heavy atom. The molecule has 1 aliphatic rings. The molecule has 1 fully saturated rings. The summed E-state index contributed by atoms with van der Waals surface area (Å²) in [5, 5.41) is 2.18. The number of thioether (sulfide) groups is 1. The molecule has 0 radical (unpaired) electrons. The van der Waals surface area contributed by atoms with E-state index < -0.39 is 0 Å². The molecule has 3 aromatic carbocycles. The van der Waals surface area contributed by atoms with Crippen molar-refractivity contribution in [2.24, 2.45) is 0 Å². The smallest absolute Gasteiger partial charge is 0.293 e. The van der Waals surface area contributed by atoms with Crippen molar-refractivity contribution in [1.29, 1.82) is 0 Å². The van der Waals surface area contributed by atoms with Gasteiger partial charge >= 0.3 is 0 Å². The lowest BCUT2D eigenvalue weighted by molar-refractivity contribution is -0.124.